The summed E-state index contributed by atoms with van der Waals surface area (Å²) in [5.74, 6) is 1.28. The summed E-state index contributed by atoms with van der Waals surface area (Å²) in [6.07, 6.45) is 4.68. The zero-order valence-corrected chi connectivity index (χ0v) is 12.8. The van der Waals surface area contributed by atoms with Crippen molar-refractivity contribution in [3.63, 3.8) is 0 Å². The zero-order valence-electron chi connectivity index (χ0n) is 12.0. The Hall–Kier alpha value is -1.16. The molecule has 1 aromatic rings. The van der Waals surface area contributed by atoms with Crippen LogP contribution in [0, 0.1) is 0 Å². The van der Waals surface area contributed by atoms with E-state index in [1.807, 2.05) is 30.0 Å². The van der Waals surface area contributed by atoms with Crippen LogP contribution in [0.1, 0.15) is 42.1 Å². The van der Waals surface area contributed by atoms with Gasteiger partial charge < -0.3 is 10.6 Å². The maximum atomic E-state index is 12.3. The number of nitrogens with one attached hydrogen (secondary N) is 2. The molecule has 1 unspecified atom stereocenters. The van der Waals surface area contributed by atoms with Crippen molar-refractivity contribution in [2.75, 3.05) is 24.2 Å². The summed E-state index contributed by atoms with van der Waals surface area (Å²) in [6, 6.07) is 6.01. The van der Waals surface area contributed by atoms with Crippen molar-refractivity contribution in [2.24, 2.45) is 0 Å². The van der Waals surface area contributed by atoms with Crippen LogP contribution in [0.25, 0.3) is 0 Å². The maximum Gasteiger partial charge on any atom is 0.251 e. The highest BCUT2D eigenvalue weighted by molar-refractivity contribution is 8.00. The average molecular weight is 290 g/mol. The van der Waals surface area contributed by atoms with E-state index in [1.54, 1.807) is 0 Å². The van der Waals surface area contributed by atoms with Gasteiger partial charge in [0.25, 0.3) is 5.91 Å². The van der Waals surface area contributed by atoms with Gasteiger partial charge >= 0.3 is 0 Å². The zero-order chi connectivity index (χ0) is 14.0. The van der Waals surface area contributed by atoms with Gasteiger partial charge in [-0.2, -0.15) is 11.8 Å². The van der Waals surface area contributed by atoms with Crippen molar-refractivity contribution in [3.05, 3.63) is 29.3 Å². The SMILES string of the molecule is CC1(CNC(=O)c2ccc3c(c2)CCCN3)CCCS1. The Balaban J connectivity index is 1.65. The minimum Gasteiger partial charge on any atom is -0.385 e. The highest BCUT2D eigenvalue weighted by atomic mass is 32.2. The van der Waals surface area contributed by atoms with Crippen molar-refractivity contribution < 1.29 is 4.79 Å². The van der Waals surface area contributed by atoms with E-state index in [-0.39, 0.29) is 10.7 Å². The first-order chi connectivity index (χ1) is 9.66. The summed E-state index contributed by atoms with van der Waals surface area (Å²) in [6.45, 7) is 4.06. The second-order valence-corrected chi connectivity index (χ2v) is 7.67. The lowest BCUT2D eigenvalue weighted by Crippen LogP contribution is -2.36. The number of thioether (sulfide) groups is 1. The van der Waals surface area contributed by atoms with Crippen molar-refractivity contribution in [3.8, 4) is 0 Å². The van der Waals surface area contributed by atoms with Crippen molar-refractivity contribution >= 4 is 23.4 Å². The fourth-order valence-corrected chi connectivity index (χ4v) is 4.21. The number of hydrogen-bond donors (Lipinski definition) is 2. The molecule has 0 aromatic heterocycles. The second kappa shape index (κ2) is 5.68. The van der Waals surface area contributed by atoms with Crippen LogP contribution in [-0.4, -0.2) is 29.5 Å². The topological polar surface area (TPSA) is 41.1 Å². The molecule has 1 saturated heterocycles. The van der Waals surface area contributed by atoms with Gasteiger partial charge in [0.05, 0.1) is 0 Å². The number of carbonyl (C=O) groups is 1. The monoisotopic (exact) mass is 290 g/mol. The molecule has 0 spiro atoms. The predicted molar refractivity (Wildman–Crippen MR) is 85.7 cm³/mol. The van der Waals surface area contributed by atoms with Crippen LogP contribution in [0.15, 0.2) is 18.2 Å². The number of rotatable bonds is 3. The molecule has 3 rings (SSSR count). The molecule has 1 aromatic carbocycles. The van der Waals surface area contributed by atoms with E-state index in [0.29, 0.717) is 0 Å². The molecule has 0 saturated carbocycles. The molecular formula is C16H22N2OS. The van der Waals surface area contributed by atoms with Gasteiger partial charge in [-0.05, 0) is 62.1 Å². The second-order valence-electron chi connectivity index (χ2n) is 5.99. The van der Waals surface area contributed by atoms with Gasteiger partial charge in [0.2, 0.25) is 0 Å². The van der Waals surface area contributed by atoms with Gasteiger partial charge in [-0.3, -0.25) is 4.79 Å². The minimum atomic E-state index is 0.0621. The Labute approximate surface area is 124 Å². The van der Waals surface area contributed by atoms with Gasteiger partial charge in [0.1, 0.15) is 0 Å². The number of carbonyl (C=O) groups excluding carboxylic acids is 1. The van der Waals surface area contributed by atoms with E-state index in [4.69, 9.17) is 0 Å². The fourth-order valence-electron chi connectivity index (χ4n) is 2.96. The average Bonchev–Trinajstić information content (AvgIpc) is 2.91. The Morgan fingerprint density at radius 2 is 2.35 bits per heavy atom. The van der Waals surface area contributed by atoms with Crippen LogP contribution in [0.4, 0.5) is 5.69 Å². The predicted octanol–water partition coefficient (Wildman–Crippen LogP) is 3.06. The summed E-state index contributed by atoms with van der Waals surface area (Å²) in [7, 11) is 0. The number of anilines is 1. The van der Waals surface area contributed by atoms with Crippen molar-refractivity contribution in [2.45, 2.75) is 37.4 Å². The normalized spacial score (nSPS) is 24.9. The Morgan fingerprint density at radius 3 is 3.15 bits per heavy atom. The largest absolute Gasteiger partial charge is 0.385 e. The van der Waals surface area contributed by atoms with E-state index in [1.165, 1.54) is 29.8 Å². The third-order valence-electron chi connectivity index (χ3n) is 4.23. The Morgan fingerprint density at radius 1 is 1.45 bits per heavy atom. The van der Waals surface area contributed by atoms with Crippen molar-refractivity contribution in [1.29, 1.82) is 0 Å². The lowest BCUT2D eigenvalue weighted by Gasteiger charge is -2.23. The third-order valence-corrected chi connectivity index (χ3v) is 5.77. The summed E-state index contributed by atoms with van der Waals surface area (Å²) < 4.78 is 0.228. The molecular weight excluding hydrogens is 268 g/mol. The molecule has 4 heteroatoms. The van der Waals surface area contributed by atoms with Crippen molar-refractivity contribution in [1.82, 2.24) is 5.32 Å². The van der Waals surface area contributed by atoms with Crippen LogP contribution < -0.4 is 10.6 Å². The first-order valence-corrected chi connectivity index (χ1v) is 8.44. The van der Waals surface area contributed by atoms with Gasteiger partial charge in [-0.15, -0.1) is 0 Å². The molecule has 1 amide bonds. The molecule has 0 radical (unpaired) electrons. The minimum absolute atomic E-state index is 0.0621. The summed E-state index contributed by atoms with van der Waals surface area (Å²) in [5.41, 5.74) is 3.25. The number of hydrogen-bond acceptors (Lipinski definition) is 3. The molecule has 2 N–H and O–H groups in total. The molecule has 20 heavy (non-hydrogen) atoms. The van der Waals surface area contributed by atoms with E-state index in [2.05, 4.69) is 17.6 Å². The van der Waals surface area contributed by atoms with E-state index in [0.717, 1.165) is 31.5 Å². The van der Waals surface area contributed by atoms with Crippen LogP contribution in [0.2, 0.25) is 0 Å². The molecule has 1 atom stereocenters. The number of benzene rings is 1. The lowest BCUT2D eigenvalue weighted by molar-refractivity contribution is 0.0950. The molecule has 0 bridgehead atoms. The lowest BCUT2D eigenvalue weighted by atomic mass is 10.0. The molecule has 108 valence electrons. The van der Waals surface area contributed by atoms with Gasteiger partial charge in [-0.1, -0.05) is 0 Å². The highest BCUT2D eigenvalue weighted by Gasteiger charge is 2.29. The molecule has 2 heterocycles. The van der Waals surface area contributed by atoms with Gasteiger partial charge in [0, 0.05) is 29.1 Å². The van der Waals surface area contributed by atoms with Gasteiger partial charge in [-0.25, -0.2) is 0 Å². The fraction of sp³-hybridized carbons (Fsp3) is 0.562. The summed E-state index contributed by atoms with van der Waals surface area (Å²) in [5, 5.41) is 6.48. The molecule has 1 fully saturated rings. The maximum absolute atomic E-state index is 12.3. The van der Waals surface area contributed by atoms with Crippen LogP contribution >= 0.6 is 11.8 Å². The van der Waals surface area contributed by atoms with Crippen LogP contribution in [0.3, 0.4) is 0 Å². The van der Waals surface area contributed by atoms with E-state index < -0.39 is 0 Å². The van der Waals surface area contributed by atoms with E-state index in [9.17, 15) is 4.79 Å². The standard InChI is InChI=1S/C16H22N2OS/c1-16(7-3-9-20-16)11-18-15(19)13-5-6-14-12(10-13)4-2-8-17-14/h5-6,10,17H,2-4,7-9,11H2,1H3,(H,18,19). The third kappa shape index (κ3) is 2.95. The van der Waals surface area contributed by atoms with Crippen LogP contribution in [-0.2, 0) is 6.42 Å². The molecule has 2 aliphatic heterocycles. The molecule has 0 aliphatic carbocycles. The first kappa shape index (κ1) is 13.8. The van der Waals surface area contributed by atoms with Gasteiger partial charge in [0.15, 0.2) is 0 Å². The highest BCUT2D eigenvalue weighted by Crippen LogP contribution is 2.37. The first-order valence-electron chi connectivity index (χ1n) is 7.45. The summed E-state index contributed by atoms with van der Waals surface area (Å²) >= 11 is 1.98. The van der Waals surface area contributed by atoms with Crippen LogP contribution in [0.5, 0.6) is 0 Å². The summed E-state index contributed by atoms with van der Waals surface area (Å²) in [4.78, 5) is 12.3. The van der Waals surface area contributed by atoms with E-state index >= 15 is 0 Å². The quantitative estimate of drug-likeness (QED) is 0.899. The Bertz CT molecular complexity index is 509. The molecule has 2 aliphatic rings. The number of aryl methyl sites for hydroxylation is 1. The Kier molecular flexibility index (Phi) is 3.92. The number of fused-ring (bicyclic) bond motifs is 1. The smallest absolute Gasteiger partial charge is 0.251 e. The number of amides is 1. The molecule has 3 nitrogen and oxygen atoms in total.